The Labute approximate surface area is 88.4 Å². The van der Waals surface area contributed by atoms with Crippen molar-refractivity contribution in [2.45, 2.75) is 53.6 Å². The average Bonchev–Trinajstić information content (AvgIpc) is 2.12. The Kier molecular flexibility index (Phi) is 5.35. The van der Waals surface area contributed by atoms with Gasteiger partial charge in [-0.05, 0) is 25.2 Å². The van der Waals surface area contributed by atoms with Gasteiger partial charge in [0.1, 0.15) is 5.60 Å². The van der Waals surface area contributed by atoms with Crippen LogP contribution >= 0.6 is 0 Å². The van der Waals surface area contributed by atoms with E-state index in [-0.39, 0.29) is 11.8 Å². The molecule has 0 bridgehead atoms. The summed E-state index contributed by atoms with van der Waals surface area (Å²) in [5, 5.41) is 10.6. The SMILES string of the molecule is CCN=C(CC)C(O)(C(C)C)C(C)C. The van der Waals surface area contributed by atoms with Gasteiger partial charge in [-0.3, -0.25) is 4.99 Å². The maximum Gasteiger partial charge on any atom is 0.107 e. The van der Waals surface area contributed by atoms with Crippen LogP contribution < -0.4 is 0 Å². The van der Waals surface area contributed by atoms with Gasteiger partial charge >= 0.3 is 0 Å². The van der Waals surface area contributed by atoms with Crippen LogP contribution in [-0.4, -0.2) is 23.0 Å². The molecule has 0 spiro atoms. The molecule has 0 amide bonds. The van der Waals surface area contributed by atoms with Gasteiger partial charge in [0, 0.05) is 12.3 Å². The highest BCUT2D eigenvalue weighted by atomic mass is 16.3. The number of nitrogens with zero attached hydrogens (tertiary/aromatic N) is 1. The van der Waals surface area contributed by atoms with E-state index in [2.05, 4.69) is 39.6 Å². The molecule has 0 saturated heterocycles. The van der Waals surface area contributed by atoms with Gasteiger partial charge < -0.3 is 5.11 Å². The summed E-state index contributed by atoms with van der Waals surface area (Å²) in [5.74, 6) is 0.431. The molecule has 0 radical (unpaired) electrons. The topological polar surface area (TPSA) is 32.6 Å². The number of hydrogen-bond acceptors (Lipinski definition) is 2. The molecule has 0 aliphatic rings. The van der Waals surface area contributed by atoms with E-state index in [0.29, 0.717) is 0 Å². The van der Waals surface area contributed by atoms with Gasteiger partial charge in [0.25, 0.3) is 0 Å². The van der Waals surface area contributed by atoms with E-state index >= 15 is 0 Å². The maximum atomic E-state index is 10.6. The largest absolute Gasteiger partial charge is 0.383 e. The maximum absolute atomic E-state index is 10.6. The van der Waals surface area contributed by atoms with E-state index < -0.39 is 5.60 Å². The zero-order valence-electron chi connectivity index (χ0n) is 10.5. The van der Waals surface area contributed by atoms with E-state index in [4.69, 9.17) is 0 Å². The van der Waals surface area contributed by atoms with Crippen LogP contribution in [0.5, 0.6) is 0 Å². The number of hydrogen-bond donors (Lipinski definition) is 1. The van der Waals surface area contributed by atoms with Crippen molar-refractivity contribution < 1.29 is 5.11 Å². The van der Waals surface area contributed by atoms with Crippen LogP contribution in [0.1, 0.15) is 48.0 Å². The first kappa shape index (κ1) is 13.6. The second-order valence-electron chi connectivity index (χ2n) is 4.41. The van der Waals surface area contributed by atoms with Crippen LogP contribution in [-0.2, 0) is 0 Å². The first-order chi connectivity index (χ1) is 6.41. The highest BCUT2D eigenvalue weighted by Gasteiger charge is 2.38. The monoisotopic (exact) mass is 199 g/mol. The zero-order valence-corrected chi connectivity index (χ0v) is 10.5. The lowest BCUT2D eigenvalue weighted by Gasteiger charge is -2.37. The average molecular weight is 199 g/mol. The summed E-state index contributed by atoms with van der Waals surface area (Å²) in [7, 11) is 0. The van der Waals surface area contributed by atoms with Crippen LogP contribution in [0.4, 0.5) is 0 Å². The second kappa shape index (κ2) is 5.50. The minimum atomic E-state index is -0.731. The predicted octanol–water partition coefficient (Wildman–Crippen LogP) is 2.90. The van der Waals surface area contributed by atoms with E-state index in [0.717, 1.165) is 18.7 Å². The molecule has 0 saturated carbocycles. The molecule has 1 N–H and O–H groups in total. The summed E-state index contributed by atoms with van der Waals surface area (Å²) < 4.78 is 0. The fraction of sp³-hybridized carbons (Fsp3) is 0.917. The Morgan fingerprint density at radius 3 is 1.79 bits per heavy atom. The zero-order chi connectivity index (χ0) is 11.4. The summed E-state index contributed by atoms with van der Waals surface area (Å²) in [5.41, 5.74) is 0.218. The molecule has 0 aliphatic heterocycles. The Hall–Kier alpha value is -0.370. The summed E-state index contributed by atoms with van der Waals surface area (Å²) in [6.45, 7) is 13.1. The number of aliphatic imine (C=N–C) groups is 1. The third-order valence-corrected chi connectivity index (χ3v) is 2.91. The fourth-order valence-electron chi connectivity index (χ4n) is 2.05. The molecule has 2 heteroatoms. The third kappa shape index (κ3) is 2.57. The molecule has 0 aromatic rings. The van der Waals surface area contributed by atoms with Crippen molar-refractivity contribution in [2.24, 2.45) is 16.8 Å². The second-order valence-corrected chi connectivity index (χ2v) is 4.41. The Morgan fingerprint density at radius 1 is 1.14 bits per heavy atom. The molecule has 0 atom stereocenters. The highest BCUT2D eigenvalue weighted by molar-refractivity contribution is 5.92. The molecular weight excluding hydrogens is 174 g/mol. The molecule has 0 heterocycles. The number of aliphatic hydroxyl groups is 1. The van der Waals surface area contributed by atoms with Gasteiger partial charge in [0.15, 0.2) is 0 Å². The van der Waals surface area contributed by atoms with Crippen molar-refractivity contribution in [3.05, 3.63) is 0 Å². The van der Waals surface area contributed by atoms with Gasteiger partial charge in [0.2, 0.25) is 0 Å². The van der Waals surface area contributed by atoms with Crippen molar-refractivity contribution in [3.8, 4) is 0 Å². The normalized spacial score (nSPS) is 14.2. The first-order valence-electron chi connectivity index (χ1n) is 5.67. The van der Waals surface area contributed by atoms with E-state index in [9.17, 15) is 5.11 Å². The van der Waals surface area contributed by atoms with Crippen LogP contribution in [0.25, 0.3) is 0 Å². The van der Waals surface area contributed by atoms with Crippen LogP contribution in [0.2, 0.25) is 0 Å². The smallest absolute Gasteiger partial charge is 0.107 e. The lowest BCUT2D eigenvalue weighted by molar-refractivity contribution is 0.0176. The predicted molar refractivity (Wildman–Crippen MR) is 62.9 cm³/mol. The summed E-state index contributed by atoms with van der Waals surface area (Å²) in [4.78, 5) is 4.42. The van der Waals surface area contributed by atoms with Crippen molar-refractivity contribution in [3.63, 3.8) is 0 Å². The van der Waals surface area contributed by atoms with Crippen LogP contribution in [0.15, 0.2) is 4.99 Å². The molecule has 0 unspecified atom stereocenters. The lowest BCUT2D eigenvalue weighted by atomic mass is 9.76. The van der Waals surface area contributed by atoms with Crippen LogP contribution in [0, 0.1) is 11.8 Å². The van der Waals surface area contributed by atoms with E-state index in [1.807, 2.05) is 6.92 Å². The molecule has 0 aromatic carbocycles. The van der Waals surface area contributed by atoms with Gasteiger partial charge in [0.05, 0.1) is 0 Å². The van der Waals surface area contributed by atoms with E-state index in [1.165, 1.54) is 0 Å². The minimum absolute atomic E-state index is 0.216. The van der Waals surface area contributed by atoms with Gasteiger partial charge in [-0.1, -0.05) is 34.6 Å². The summed E-state index contributed by atoms with van der Waals surface area (Å²) in [6.07, 6.45) is 0.834. The van der Waals surface area contributed by atoms with E-state index in [1.54, 1.807) is 0 Å². The molecule has 0 rings (SSSR count). The molecule has 2 nitrogen and oxygen atoms in total. The first-order valence-corrected chi connectivity index (χ1v) is 5.67. The van der Waals surface area contributed by atoms with Crippen molar-refractivity contribution in [1.29, 1.82) is 0 Å². The lowest BCUT2D eigenvalue weighted by Crippen LogP contribution is -2.48. The molecular formula is C12H25NO. The van der Waals surface area contributed by atoms with Crippen molar-refractivity contribution >= 4 is 5.71 Å². The molecule has 84 valence electrons. The Morgan fingerprint density at radius 2 is 1.57 bits per heavy atom. The molecule has 0 fully saturated rings. The quantitative estimate of drug-likeness (QED) is 0.678. The van der Waals surface area contributed by atoms with Crippen molar-refractivity contribution in [2.75, 3.05) is 6.54 Å². The Balaban J connectivity index is 5.07. The minimum Gasteiger partial charge on any atom is -0.383 e. The molecule has 0 aromatic heterocycles. The standard InChI is InChI=1S/C12H25NO/c1-7-11(13-8-2)12(14,9(3)4)10(5)6/h9-10,14H,7-8H2,1-6H3. The fourth-order valence-corrected chi connectivity index (χ4v) is 2.05. The van der Waals surface area contributed by atoms with Crippen molar-refractivity contribution in [1.82, 2.24) is 0 Å². The highest BCUT2D eigenvalue weighted by Crippen LogP contribution is 2.29. The van der Waals surface area contributed by atoms with Gasteiger partial charge in [-0.15, -0.1) is 0 Å². The van der Waals surface area contributed by atoms with Gasteiger partial charge in [-0.25, -0.2) is 0 Å². The summed E-state index contributed by atoms with van der Waals surface area (Å²) >= 11 is 0. The Bertz CT molecular complexity index is 186. The third-order valence-electron chi connectivity index (χ3n) is 2.91. The molecule has 0 aliphatic carbocycles. The summed E-state index contributed by atoms with van der Waals surface area (Å²) in [6, 6.07) is 0. The number of rotatable bonds is 5. The van der Waals surface area contributed by atoms with Gasteiger partial charge in [-0.2, -0.15) is 0 Å². The molecule has 14 heavy (non-hydrogen) atoms. The van der Waals surface area contributed by atoms with Crippen LogP contribution in [0.3, 0.4) is 0 Å².